The van der Waals surface area contributed by atoms with Gasteiger partial charge in [-0.3, -0.25) is 0 Å². The lowest BCUT2D eigenvalue weighted by Gasteiger charge is -2.13. The van der Waals surface area contributed by atoms with Gasteiger partial charge in [-0.2, -0.15) is 0 Å². The number of thiophene rings is 1. The average Bonchev–Trinajstić information content (AvgIpc) is 2.88. The summed E-state index contributed by atoms with van der Waals surface area (Å²) in [5.74, 6) is 0.665. The minimum absolute atomic E-state index is 0.496. The van der Waals surface area contributed by atoms with Crippen molar-refractivity contribution in [3.05, 3.63) is 21.9 Å². The molecule has 3 heteroatoms. The Labute approximate surface area is 97.6 Å². The Morgan fingerprint density at radius 1 is 1.64 bits per heavy atom. The van der Waals surface area contributed by atoms with Gasteiger partial charge in [-0.25, -0.2) is 0 Å². The highest BCUT2D eigenvalue weighted by Gasteiger charge is 2.25. The number of ether oxygens (including phenoxy) is 1. The molecule has 2 atom stereocenters. The van der Waals surface area contributed by atoms with Gasteiger partial charge in [-0.05, 0) is 25.0 Å². The van der Waals surface area contributed by atoms with E-state index in [9.17, 15) is 0 Å². The van der Waals surface area contributed by atoms with Crippen LogP contribution in [0, 0.1) is 5.92 Å². The highest BCUT2D eigenvalue weighted by atomic mass is 79.9. The number of alkyl halides is 1. The molecule has 78 valence electrons. The van der Waals surface area contributed by atoms with E-state index in [1.54, 1.807) is 0 Å². The largest absolute Gasteiger partial charge is 0.381 e. The van der Waals surface area contributed by atoms with Crippen molar-refractivity contribution in [2.45, 2.75) is 24.6 Å². The van der Waals surface area contributed by atoms with Crippen LogP contribution < -0.4 is 0 Å². The maximum Gasteiger partial charge on any atom is 0.0540 e. The van der Waals surface area contributed by atoms with E-state index in [-0.39, 0.29) is 0 Å². The fraction of sp³-hybridized carbons (Fsp3) is 0.636. The van der Waals surface area contributed by atoms with E-state index >= 15 is 0 Å². The van der Waals surface area contributed by atoms with Gasteiger partial charge >= 0.3 is 0 Å². The highest BCUT2D eigenvalue weighted by molar-refractivity contribution is 9.09. The molecule has 0 aliphatic carbocycles. The summed E-state index contributed by atoms with van der Waals surface area (Å²) in [5.41, 5.74) is 0. The molecule has 1 nitrogen and oxygen atoms in total. The van der Waals surface area contributed by atoms with Crippen molar-refractivity contribution in [1.82, 2.24) is 0 Å². The third-order valence-electron chi connectivity index (χ3n) is 2.68. The third kappa shape index (κ3) is 2.20. The summed E-state index contributed by atoms with van der Waals surface area (Å²) in [4.78, 5) is 3.43. The van der Waals surface area contributed by atoms with E-state index in [0.717, 1.165) is 19.6 Å². The van der Waals surface area contributed by atoms with Gasteiger partial charge in [0, 0.05) is 22.3 Å². The zero-order chi connectivity index (χ0) is 9.97. The first-order chi connectivity index (χ1) is 6.81. The Kier molecular flexibility index (Phi) is 3.63. The first kappa shape index (κ1) is 10.7. The Morgan fingerprint density at radius 2 is 2.50 bits per heavy atom. The number of halogens is 1. The van der Waals surface area contributed by atoms with Gasteiger partial charge in [0.1, 0.15) is 0 Å². The second-order valence-corrected chi connectivity index (χ2v) is 5.87. The third-order valence-corrected chi connectivity index (χ3v) is 5.54. The average molecular weight is 275 g/mol. The molecule has 0 aromatic carbocycles. The summed E-state index contributed by atoms with van der Waals surface area (Å²) in [6.45, 7) is 4.05. The van der Waals surface area contributed by atoms with Crippen molar-refractivity contribution < 1.29 is 4.74 Å². The molecule has 0 saturated carbocycles. The smallest absolute Gasteiger partial charge is 0.0540 e. The lowest BCUT2D eigenvalue weighted by atomic mass is 10.0. The van der Waals surface area contributed by atoms with Crippen LogP contribution in [0.25, 0.3) is 0 Å². The van der Waals surface area contributed by atoms with Crippen LogP contribution in [0.15, 0.2) is 12.1 Å². The quantitative estimate of drug-likeness (QED) is 0.763. The SMILES string of the molecule is CCc1ccc(C(Br)C2CCOC2)s1. The topological polar surface area (TPSA) is 9.23 Å². The standard InChI is InChI=1S/C11H15BrOS/c1-2-9-3-4-10(14-9)11(12)8-5-6-13-7-8/h3-4,8,11H,2,5-7H2,1H3. The van der Waals surface area contributed by atoms with Gasteiger partial charge < -0.3 is 4.74 Å². The minimum Gasteiger partial charge on any atom is -0.381 e. The molecule has 2 unspecified atom stereocenters. The Balaban J connectivity index is 2.05. The summed E-state index contributed by atoms with van der Waals surface area (Å²) in [7, 11) is 0. The van der Waals surface area contributed by atoms with Crippen molar-refractivity contribution in [3.8, 4) is 0 Å². The molecule has 2 heterocycles. The normalized spacial score (nSPS) is 24.0. The van der Waals surface area contributed by atoms with E-state index < -0.39 is 0 Å². The maximum atomic E-state index is 5.41. The molecule has 0 radical (unpaired) electrons. The van der Waals surface area contributed by atoms with Crippen LogP contribution in [0.2, 0.25) is 0 Å². The summed E-state index contributed by atoms with van der Waals surface area (Å²) in [5, 5.41) is 0. The number of hydrogen-bond donors (Lipinski definition) is 0. The van der Waals surface area contributed by atoms with Gasteiger partial charge in [-0.15, -0.1) is 11.3 Å². The maximum absolute atomic E-state index is 5.41. The van der Waals surface area contributed by atoms with E-state index in [0.29, 0.717) is 10.7 Å². The molecule has 0 amide bonds. The zero-order valence-electron chi connectivity index (χ0n) is 8.33. The first-order valence-electron chi connectivity index (χ1n) is 5.11. The molecule has 0 spiro atoms. The molecule has 14 heavy (non-hydrogen) atoms. The summed E-state index contributed by atoms with van der Waals surface area (Å²) >= 11 is 5.71. The lowest BCUT2D eigenvalue weighted by Crippen LogP contribution is -2.05. The van der Waals surface area contributed by atoms with E-state index in [1.165, 1.54) is 16.2 Å². The second-order valence-electron chi connectivity index (χ2n) is 3.68. The summed E-state index contributed by atoms with van der Waals surface area (Å²) in [6, 6.07) is 4.49. The molecule has 1 aliphatic rings. The van der Waals surface area contributed by atoms with Gasteiger partial charge in [0.2, 0.25) is 0 Å². The molecule has 0 N–H and O–H groups in total. The lowest BCUT2D eigenvalue weighted by molar-refractivity contribution is 0.186. The minimum atomic E-state index is 0.496. The summed E-state index contributed by atoms with van der Waals surface area (Å²) in [6.07, 6.45) is 2.33. The molecule has 1 fully saturated rings. The summed E-state index contributed by atoms with van der Waals surface area (Å²) < 4.78 is 5.41. The molecular weight excluding hydrogens is 260 g/mol. The van der Waals surface area contributed by atoms with Crippen molar-refractivity contribution in [2.75, 3.05) is 13.2 Å². The fourth-order valence-electron chi connectivity index (χ4n) is 1.75. The molecular formula is C11H15BrOS. The van der Waals surface area contributed by atoms with E-state index in [1.807, 2.05) is 11.3 Å². The van der Waals surface area contributed by atoms with Crippen LogP contribution in [-0.2, 0) is 11.2 Å². The van der Waals surface area contributed by atoms with Gasteiger partial charge in [-0.1, -0.05) is 22.9 Å². The molecule has 1 aliphatic heterocycles. The fourth-order valence-corrected chi connectivity index (χ4v) is 3.62. The van der Waals surface area contributed by atoms with Crippen LogP contribution in [0.1, 0.15) is 27.9 Å². The Bertz CT molecular complexity index is 291. The van der Waals surface area contributed by atoms with Crippen LogP contribution in [-0.4, -0.2) is 13.2 Å². The van der Waals surface area contributed by atoms with Gasteiger partial charge in [0.25, 0.3) is 0 Å². The predicted octanol–water partition coefficient (Wildman–Crippen LogP) is 3.78. The van der Waals surface area contributed by atoms with Crippen LogP contribution >= 0.6 is 27.3 Å². The van der Waals surface area contributed by atoms with Gasteiger partial charge in [0.05, 0.1) is 11.4 Å². The number of aryl methyl sites for hydroxylation is 1. The molecule has 1 saturated heterocycles. The Morgan fingerprint density at radius 3 is 3.07 bits per heavy atom. The monoisotopic (exact) mass is 274 g/mol. The number of rotatable bonds is 3. The van der Waals surface area contributed by atoms with Crippen LogP contribution in [0.5, 0.6) is 0 Å². The molecule has 2 rings (SSSR count). The highest BCUT2D eigenvalue weighted by Crippen LogP contribution is 2.39. The van der Waals surface area contributed by atoms with Crippen molar-refractivity contribution in [3.63, 3.8) is 0 Å². The zero-order valence-corrected chi connectivity index (χ0v) is 10.7. The van der Waals surface area contributed by atoms with Crippen molar-refractivity contribution in [1.29, 1.82) is 0 Å². The van der Waals surface area contributed by atoms with Crippen LogP contribution in [0.4, 0.5) is 0 Å². The van der Waals surface area contributed by atoms with Crippen molar-refractivity contribution >= 4 is 27.3 Å². The van der Waals surface area contributed by atoms with Crippen LogP contribution in [0.3, 0.4) is 0 Å². The molecule has 1 aromatic heterocycles. The molecule has 1 aromatic rings. The Hall–Kier alpha value is 0.140. The number of hydrogen-bond acceptors (Lipinski definition) is 2. The van der Waals surface area contributed by atoms with E-state index in [2.05, 4.69) is 35.0 Å². The second kappa shape index (κ2) is 4.77. The van der Waals surface area contributed by atoms with Crippen molar-refractivity contribution in [2.24, 2.45) is 5.92 Å². The predicted molar refractivity (Wildman–Crippen MR) is 64.3 cm³/mol. The van der Waals surface area contributed by atoms with E-state index in [4.69, 9.17) is 4.74 Å². The first-order valence-corrected chi connectivity index (χ1v) is 6.85. The van der Waals surface area contributed by atoms with Gasteiger partial charge in [0.15, 0.2) is 0 Å². The molecule has 0 bridgehead atoms.